The van der Waals surface area contributed by atoms with Crippen molar-refractivity contribution in [2.24, 2.45) is 0 Å². The monoisotopic (exact) mass is 287 g/mol. The zero-order valence-corrected chi connectivity index (χ0v) is 11.0. The van der Waals surface area contributed by atoms with Gasteiger partial charge in [-0.15, -0.1) is 0 Å². The van der Waals surface area contributed by atoms with Gasteiger partial charge in [-0.25, -0.2) is 4.79 Å². The molecule has 1 aliphatic heterocycles. The molecule has 0 aliphatic carbocycles. The summed E-state index contributed by atoms with van der Waals surface area (Å²) >= 11 is 0. The summed E-state index contributed by atoms with van der Waals surface area (Å²) in [6, 6.07) is 4.43. The number of amides is 2. The molecule has 1 atom stereocenters. The normalized spacial score (nSPS) is 19.8. The largest absolute Gasteiger partial charge is 0.416 e. The second kappa shape index (κ2) is 5.70. The minimum absolute atomic E-state index is 0.149. The third kappa shape index (κ3) is 3.63. The number of hydrogen-bond donors (Lipinski definition) is 2. The van der Waals surface area contributed by atoms with Crippen molar-refractivity contribution in [1.82, 2.24) is 10.2 Å². The average molecular weight is 287 g/mol. The highest BCUT2D eigenvalue weighted by atomic mass is 19.4. The topological polar surface area (TPSA) is 44.4 Å². The second-order valence-electron chi connectivity index (χ2n) is 4.81. The standard InChI is InChI=1S/C13H16F3N3O/c1-9-8-19(6-5-17-9)12(20)18-11-4-2-3-10(7-11)13(14,15)16/h2-4,7,9,17H,5-6,8H2,1H3,(H,18,20)/t9-/m1/s1. The van der Waals surface area contributed by atoms with Gasteiger partial charge in [0.25, 0.3) is 0 Å². The van der Waals surface area contributed by atoms with Gasteiger partial charge in [-0.1, -0.05) is 6.07 Å². The van der Waals surface area contributed by atoms with Crippen LogP contribution in [0.15, 0.2) is 24.3 Å². The molecule has 4 nitrogen and oxygen atoms in total. The molecular formula is C13H16F3N3O. The SMILES string of the molecule is C[C@@H]1CN(C(=O)Nc2cccc(C(F)(F)F)c2)CCN1. The highest BCUT2D eigenvalue weighted by Crippen LogP contribution is 2.30. The number of carbonyl (C=O) groups is 1. The molecule has 2 N–H and O–H groups in total. The van der Waals surface area contributed by atoms with Crippen LogP contribution >= 0.6 is 0 Å². The van der Waals surface area contributed by atoms with E-state index in [1.54, 1.807) is 4.90 Å². The molecule has 0 spiro atoms. The van der Waals surface area contributed by atoms with E-state index in [1.807, 2.05) is 6.92 Å². The molecule has 1 aromatic carbocycles. The summed E-state index contributed by atoms with van der Waals surface area (Å²) < 4.78 is 37.7. The van der Waals surface area contributed by atoms with E-state index in [4.69, 9.17) is 0 Å². The summed E-state index contributed by atoms with van der Waals surface area (Å²) in [5.74, 6) is 0. The Morgan fingerprint density at radius 2 is 2.20 bits per heavy atom. The Labute approximate surface area is 114 Å². The predicted molar refractivity (Wildman–Crippen MR) is 69.5 cm³/mol. The number of nitrogens with zero attached hydrogens (tertiary/aromatic N) is 1. The van der Waals surface area contributed by atoms with Crippen LogP contribution in [0.25, 0.3) is 0 Å². The number of carbonyl (C=O) groups excluding carboxylic acids is 1. The van der Waals surface area contributed by atoms with E-state index in [-0.39, 0.29) is 17.8 Å². The van der Waals surface area contributed by atoms with Gasteiger partial charge in [0.2, 0.25) is 0 Å². The van der Waals surface area contributed by atoms with Crippen LogP contribution in [-0.2, 0) is 6.18 Å². The molecule has 0 radical (unpaired) electrons. The van der Waals surface area contributed by atoms with Crippen LogP contribution in [0.5, 0.6) is 0 Å². The summed E-state index contributed by atoms with van der Waals surface area (Å²) in [5, 5.41) is 5.69. The average Bonchev–Trinajstić information content (AvgIpc) is 2.38. The van der Waals surface area contributed by atoms with Crippen molar-refractivity contribution in [3.63, 3.8) is 0 Å². The van der Waals surface area contributed by atoms with Gasteiger partial charge in [-0.3, -0.25) is 0 Å². The van der Waals surface area contributed by atoms with Crippen molar-refractivity contribution in [1.29, 1.82) is 0 Å². The molecule has 1 fully saturated rings. The van der Waals surface area contributed by atoms with Gasteiger partial charge in [0.1, 0.15) is 0 Å². The van der Waals surface area contributed by atoms with Crippen LogP contribution in [0.2, 0.25) is 0 Å². The van der Waals surface area contributed by atoms with E-state index in [9.17, 15) is 18.0 Å². The Balaban J connectivity index is 2.04. The fourth-order valence-corrected chi connectivity index (χ4v) is 2.09. The summed E-state index contributed by atoms with van der Waals surface area (Å²) in [4.78, 5) is 13.6. The minimum Gasteiger partial charge on any atom is -0.322 e. The Kier molecular flexibility index (Phi) is 4.17. The summed E-state index contributed by atoms with van der Waals surface area (Å²) in [6.07, 6.45) is -4.41. The lowest BCUT2D eigenvalue weighted by molar-refractivity contribution is -0.137. The van der Waals surface area contributed by atoms with Crippen LogP contribution in [0.1, 0.15) is 12.5 Å². The first-order chi connectivity index (χ1) is 9.36. The van der Waals surface area contributed by atoms with E-state index >= 15 is 0 Å². The molecule has 0 saturated carbocycles. The fraction of sp³-hybridized carbons (Fsp3) is 0.462. The van der Waals surface area contributed by atoms with Crippen LogP contribution in [0, 0.1) is 0 Å². The maximum atomic E-state index is 12.6. The van der Waals surface area contributed by atoms with Crippen molar-refractivity contribution >= 4 is 11.7 Å². The molecule has 1 aromatic rings. The third-order valence-corrected chi connectivity index (χ3v) is 3.10. The lowest BCUT2D eigenvalue weighted by Gasteiger charge is -2.31. The smallest absolute Gasteiger partial charge is 0.322 e. The van der Waals surface area contributed by atoms with Gasteiger partial charge in [-0.2, -0.15) is 13.2 Å². The predicted octanol–water partition coefficient (Wildman–Crippen LogP) is 2.53. The molecule has 0 bridgehead atoms. The molecular weight excluding hydrogens is 271 g/mol. The van der Waals surface area contributed by atoms with Crippen LogP contribution in [0.3, 0.4) is 0 Å². The number of alkyl halides is 3. The number of benzene rings is 1. The maximum absolute atomic E-state index is 12.6. The van der Waals surface area contributed by atoms with E-state index in [2.05, 4.69) is 10.6 Å². The maximum Gasteiger partial charge on any atom is 0.416 e. The van der Waals surface area contributed by atoms with E-state index in [1.165, 1.54) is 12.1 Å². The fourth-order valence-electron chi connectivity index (χ4n) is 2.09. The Bertz CT molecular complexity index is 490. The molecule has 20 heavy (non-hydrogen) atoms. The molecule has 2 amide bonds. The lowest BCUT2D eigenvalue weighted by Crippen LogP contribution is -2.52. The third-order valence-electron chi connectivity index (χ3n) is 3.10. The van der Waals surface area contributed by atoms with Gasteiger partial charge < -0.3 is 15.5 Å². The van der Waals surface area contributed by atoms with E-state index < -0.39 is 11.7 Å². The zero-order chi connectivity index (χ0) is 14.8. The molecule has 7 heteroatoms. The number of anilines is 1. The Morgan fingerprint density at radius 1 is 1.45 bits per heavy atom. The molecule has 1 saturated heterocycles. The van der Waals surface area contributed by atoms with Gasteiger partial charge in [0.05, 0.1) is 5.56 Å². The van der Waals surface area contributed by atoms with E-state index in [0.29, 0.717) is 19.6 Å². The van der Waals surface area contributed by atoms with Crippen molar-refractivity contribution in [2.75, 3.05) is 25.0 Å². The zero-order valence-electron chi connectivity index (χ0n) is 11.0. The quantitative estimate of drug-likeness (QED) is 0.833. The number of halogens is 3. The van der Waals surface area contributed by atoms with Crippen molar-refractivity contribution in [3.05, 3.63) is 29.8 Å². The van der Waals surface area contributed by atoms with Crippen molar-refractivity contribution < 1.29 is 18.0 Å². The van der Waals surface area contributed by atoms with Gasteiger partial charge in [0.15, 0.2) is 0 Å². The molecule has 1 heterocycles. The minimum atomic E-state index is -4.41. The number of hydrogen-bond acceptors (Lipinski definition) is 2. The summed E-state index contributed by atoms with van der Waals surface area (Å²) in [7, 11) is 0. The Morgan fingerprint density at radius 3 is 2.85 bits per heavy atom. The first-order valence-electron chi connectivity index (χ1n) is 6.33. The summed E-state index contributed by atoms with van der Waals surface area (Å²) in [5.41, 5.74) is -0.625. The van der Waals surface area contributed by atoms with Gasteiger partial charge in [0, 0.05) is 31.4 Å². The highest BCUT2D eigenvalue weighted by molar-refractivity contribution is 5.89. The number of piperazine rings is 1. The molecule has 2 rings (SSSR count). The van der Waals surface area contributed by atoms with Crippen molar-refractivity contribution in [2.45, 2.75) is 19.1 Å². The van der Waals surface area contributed by atoms with E-state index in [0.717, 1.165) is 12.1 Å². The van der Waals surface area contributed by atoms with Crippen LogP contribution < -0.4 is 10.6 Å². The second-order valence-corrected chi connectivity index (χ2v) is 4.81. The molecule has 110 valence electrons. The van der Waals surface area contributed by atoms with Crippen molar-refractivity contribution in [3.8, 4) is 0 Å². The first kappa shape index (κ1) is 14.6. The van der Waals surface area contributed by atoms with Crippen LogP contribution in [-0.4, -0.2) is 36.6 Å². The van der Waals surface area contributed by atoms with Gasteiger partial charge >= 0.3 is 12.2 Å². The lowest BCUT2D eigenvalue weighted by atomic mass is 10.2. The van der Waals surface area contributed by atoms with Gasteiger partial charge in [-0.05, 0) is 25.1 Å². The van der Waals surface area contributed by atoms with Crippen LogP contribution in [0.4, 0.5) is 23.7 Å². The molecule has 1 aliphatic rings. The number of urea groups is 1. The highest BCUT2D eigenvalue weighted by Gasteiger charge is 2.30. The first-order valence-corrected chi connectivity index (χ1v) is 6.33. The molecule has 0 unspecified atom stereocenters. The number of nitrogens with one attached hydrogen (secondary N) is 2. The Hall–Kier alpha value is -1.76. The number of rotatable bonds is 1. The molecule has 0 aromatic heterocycles. The summed E-state index contributed by atoms with van der Waals surface area (Å²) in [6.45, 7) is 3.70.